The molecule has 22 heteroatoms. The highest BCUT2D eigenvalue weighted by molar-refractivity contribution is 5.89. The van der Waals surface area contributed by atoms with Crippen LogP contribution in [0.2, 0.25) is 0 Å². The maximum absolute atomic E-state index is 12.0. The first-order valence-corrected chi connectivity index (χ1v) is 41.5. The minimum atomic E-state index is -0.245. The summed E-state index contributed by atoms with van der Waals surface area (Å²) in [5.41, 5.74) is 1.27. The Morgan fingerprint density at radius 2 is 0.514 bits per heavy atom. The van der Waals surface area contributed by atoms with Crippen LogP contribution in [-0.4, -0.2) is 285 Å². The van der Waals surface area contributed by atoms with Crippen LogP contribution in [0.15, 0.2) is 60.7 Å². The van der Waals surface area contributed by atoms with E-state index in [1.54, 1.807) is 24.3 Å². The molecule has 2 aromatic carbocycles. The summed E-state index contributed by atoms with van der Waals surface area (Å²) in [6, 6.07) is 18.4. The Morgan fingerprint density at radius 1 is 0.294 bits per heavy atom. The molecule has 109 heavy (non-hydrogen) atoms. The van der Waals surface area contributed by atoms with Crippen molar-refractivity contribution >= 4 is 47.8 Å². The quantitative estimate of drug-likeness (QED) is 0.0343. The highest BCUT2D eigenvalue weighted by atomic mass is 16.6. The second-order valence-corrected chi connectivity index (χ2v) is 30.0. The number of nitrogens with zero attached hydrogens (tertiary/aromatic N) is 6. The van der Waals surface area contributed by atoms with Gasteiger partial charge >= 0.3 is 47.8 Å². The normalized spacial score (nSPS) is 13.1. The van der Waals surface area contributed by atoms with Gasteiger partial charge in [-0.1, -0.05) is 105 Å². The fraction of sp³-hybridized carbons (Fsp3) is 0.770. The van der Waals surface area contributed by atoms with Crippen molar-refractivity contribution in [2.24, 2.45) is 0 Å². The third-order valence-electron chi connectivity index (χ3n) is 19.3. The van der Waals surface area contributed by atoms with Crippen molar-refractivity contribution in [2.75, 3.05) is 186 Å². The van der Waals surface area contributed by atoms with Crippen LogP contribution < -0.4 is 0 Å². The number of carbonyl (C=O) groups is 8. The average molecular weight is 1560 g/mol. The summed E-state index contributed by atoms with van der Waals surface area (Å²) in [6.45, 7) is 73.4. The molecule has 2 rings (SSSR count). The third-order valence-corrected chi connectivity index (χ3v) is 19.3. The lowest BCUT2D eigenvalue weighted by Crippen LogP contribution is -2.53. The van der Waals surface area contributed by atoms with Crippen molar-refractivity contribution < 1.29 is 103 Å². The molecular weight excluding hydrogens is 1380 g/mol. The van der Waals surface area contributed by atoms with Gasteiger partial charge in [0.15, 0.2) is 0 Å². The minimum Gasteiger partial charge on any atom is -0.469 e. The van der Waals surface area contributed by atoms with Crippen LogP contribution in [-0.2, 0) is 66.7 Å². The van der Waals surface area contributed by atoms with Gasteiger partial charge in [0.2, 0.25) is 0 Å². The summed E-state index contributed by atoms with van der Waals surface area (Å²) < 4.78 is 45.9. The van der Waals surface area contributed by atoms with Crippen LogP contribution in [0, 0.1) is 0 Å². The molecule has 0 aromatic heterocycles. The second-order valence-electron chi connectivity index (χ2n) is 30.0. The fourth-order valence-electron chi connectivity index (χ4n) is 13.7. The van der Waals surface area contributed by atoms with Crippen molar-refractivity contribution in [1.82, 2.24) is 0 Å². The number of quaternary nitrogens is 6. The lowest BCUT2D eigenvalue weighted by molar-refractivity contribution is -0.929. The van der Waals surface area contributed by atoms with E-state index in [0.29, 0.717) is 24.3 Å². The zero-order valence-corrected chi connectivity index (χ0v) is 75.6. The Hall–Kier alpha value is -6.04. The standard InChI is InChI=1S/C18H30NO2.C17H28NO2.C14H30NO2.C13H28NO2.C11H24NO2.C8H18NO2.2C3H6O2/c1-4-7-14-19(6-3,13-5-2)15-16-21-18(20)17-11-9-8-10-12-17;1-4-12-18(6-3,13-5-2)14-15-20-17(19)16-10-8-7-9-11-16;1-6-9-11-15(8-3,10-7-2)12-13(4)17-14(5)16;1-6-9-14(8-3,10-7-2)11-12(4)16-13(5)15;1-6-12(7-2,8-3)9-10(4)14-11(5)13;1-7(11-8(2)10)6-9(3,4)5;2*1-3(4)5-2/h8-12H,4-7,13-16H2,1-3H3;7-11H,4-6,12-15H2,1-3H3;13H,6-12H2,1-5H3;12H,6-11H2,1-5H3;10H,6-9H2,1-5H3;7H,6H2,1-5H3;2*1-2H3/q6*+1;;. The third kappa shape index (κ3) is 63.2. The number of carbonyl (C=O) groups excluding carboxylic acids is 8. The summed E-state index contributed by atoms with van der Waals surface area (Å²) in [6.07, 6.45) is 12.1. The monoisotopic (exact) mass is 1560 g/mol. The molecule has 6 atom stereocenters. The van der Waals surface area contributed by atoms with Crippen molar-refractivity contribution in [3.8, 4) is 0 Å². The second kappa shape index (κ2) is 68.7. The van der Waals surface area contributed by atoms with E-state index in [9.17, 15) is 38.4 Å². The zero-order valence-electron chi connectivity index (χ0n) is 75.6. The molecule has 0 saturated heterocycles. The summed E-state index contributed by atoms with van der Waals surface area (Å²) in [7, 11) is 8.91. The van der Waals surface area contributed by atoms with Gasteiger partial charge in [0, 0.05) is 41.5 Å². The van der Waals surface area contributed by atoms with Gasteiger partial charge in [0.05, 0.1) is 145 Å². The number of unbranched alkanes of at least 4 members (excludes halogenated alkanes) is 2. The lowest BCUT2D eigenvalue weighted by atomic mass is 10.2. The molecule has 0 aliphatic heterocycles. The smallest absolute Gasteiger partial charge is 0.338 e. The highest BCUT2D eigenvalue weighted by Gasteiger charge is 2.31. The predicted molar refractivity (Wildman–Crippen MR) is 447 cm³/mol. The van der Waals surface area contributed by atoms with Crippen molar-refractivity contribution in [3.63, 3.8) is 0 Å². The van der Waals surface area contributed by atoms with Gasteiger partial charge in [0.1, 0.15) is 76.9 Å². The highest BCUT2D eigenvalue weighted by Crippen LogP contribution is 2.17. The summed E-state index contributed by atoms with van der Waals surface area (Å²) in [5, 5.41) is 0. The van der Waals surface area contributed by atoms with Gasteiger partial charge in [-0.3, -0.25) is 28.8 Å². The SMILES string of the molecule is CC(=O)OC(C)C[N+](C)(C)C.CCCC[N+](CC)(CCC)CC(C)OC(C)=O.CCCC[N+](CC)(CCC)CCOC(=O)c1ccccc1.CCC[N+](CC)(CCC)CC(C)OC(C)=O.CCC[N+](CC)(CCC)CCOC(=O)c1ccccc1.CC[N+](CC)(CC)CC(C)OC(C)=O.COC(C)=O.COC(C)=O. The van der Waals surface area contributed by atoms with Crippen molar-refractivity contribution in [1.29, 1.82) is 0 Å². The predicted octanol–water partition coefficient (Wildman–Crippen LogP) is 15.8. The van der Waals surface area contributed by atoms with Gasteiger partial charge < -0.3 is 64.8 Å². The number of benzene rings is 2. The molecule has 0 spiro atoms. The van der Waals surface area contributed by atoms with E-state index in [2.05, 4.69) is 134 Å². The van der Waals surface area contributed by atoms with Gasteiger partial charge in [-0.05, 0) is 152 Å². The van der Waals surface area contributed by atoms with Crippen LogP contribution in [0.5, 0.6) is 0 Å². The number of likely N-dealkylation sites (N-methyl/N-ethyl adjacent to an activating group) is 6. The molecule has 0 aliphatic carbocycles. The van der Waals surface area contributed by atoms with Crippen LogP contribution in [0.25, 0.3) is 0 Å². The van der Waals surface area contributed by atoms with Crippen molar-refractivity contribution in [2.45, 2.75) is 262 Å². The number of hydrogen-bond donors (Lipinski definition) is 0. The topological polar surface area (TPSA) is 210 Å². The fourth-order valence-corrected chi connectivity index (χ4v) is 13.7. The van der Waals surface area contributed by atoms with Crippen LogP contribution in [0.3, 0.4) is 0 Å². The molecule has 6 unspecified atom stereocenters. The molecule has 0 saturated carbocycles. The van der Waals surface area contributed by atoms with Gasteiger partial charge in [-0.2, -0.15) is 0 Å². The van der Waals surface area contributed by atoms with Crippen molar-refractivity contribution in [3.05, 3.63) is 71.8 Å². The number of methoxy groups -OCH3 is 2. The average Bonchev–Trinajstić information content (AvgIpc) is 0.810. The van der Waals surface area contributed by atoms with E-state index in [0.717, 1.165) is 125 Å². The lowest BCUT2D eigenvalue weighted by Gasteiger charge is -2.39. The first-order valence-electron chi connectivity index (χ1n) is 41.5. The van der Waals surface area contributed by atoms with E-state index < -0.39 is 0 Å². The van der Waals surface area contributed by atoms with E-state index >= 15 is 0 Å². The van der Waals surface area contributed by atoms with E-state index in [4.69, 9.17) is 28.4 Å². The molecule has 0 radical (unpaired) electrons. The van der Waals surface area contributed by atoms with E-state index in [-0.39, 0.29) is 72.2 Å². The first kappa shape index (κ1) is 114. The molecule has 0 heterocycles. The molecule has 0 aliphatic rings. The molecule has 638 valence electrons. The van der Waals surface area contributed by atoms with Gasteiger partial charge in [-0.25, -0.2) is 9.59 Å². The van der Waals surface area contributed by atoms with E-state index in [1.807, 2.05) is 64.1 Å². The Kier molecular flexibility index (Phi) is 71.8. The summed E-state index contributed by atoms with van der Waals surface area (Å²) >= 11 is 0. The molecule has 0 fully saturated rings. The largest absolute Gasteiger partial charge is 0.469 e. The maximum atomic E-state index is 12.0. The maximum Gasteiger partial charge on any atom is 0.338 e. The van der Waals surface area contributed by atoms with Crippen LogP contribution in [0.4, 0.5) is 0 Å². The van der Waals surface area contributed by atoms with E-state index in [1.165, 1.54) is 159 Å². The number of rotatable bonds is 45. The summed E-state index contributed by atoms with van der Waals surface area (Å²) in [4.78, 5) is 86.2. The molecule has 2 aromatic rings. The minimum absolute atomic E-state index is 0.00694. The van der Waals surface area contributed by atoms with Gasteiger partial charge in [-0.15, -0.1) is 0 Å². The Labute approximate surface area is 667 Å². The number of ether oxygens (including phenoxy) is 8. The Balaban J connectivity index is -0.000000287. The molecule has 0 N–H and O–H groups in total. The molecule has 0 amide bonds. The number of esters is 8. The number of hydrogen-bond acceptors (Lipinski definition) is 16. The molecule has 22 nitrogen and oxygen atoms in total. The zero-order chi connectivity index (χ0) is 85.1. The Bertz CT molecular complexity index is 2550. The Morgan fingerprint density at radius 3 is 0.734 bits per heavy atom. The van der Waals surface area contributed by atoms with Crippen LogP contribution in [0.1, 0.15) is 258 Å². The first-order chi connectivity index (χ1) is 51.2. The summed E-state index contributed by atoms with van der Waals surface area (Å²) in [5.74, 6) is -1.64. The molecule has 0 bridgehead atoms. The van der Waals surface area contributed by atoms with Gasteiger partial charge in [0.25, 0.3) is 0 Å². The molecular formula is C87H170N6O16+6. The van der Waals surface area contributed by atoms with Crippen LogP contribution >= 0.6 is 0 Å².